The van der Waals surface area contributed by atoms with Gasteiger partial charge in [0.05, 0.1) is 13.0 Å². The van der Waals surface area contributed by atoms with Crippen LogP contribution in [0.4, 0.5) is 5.69 Å². The fourth-order valence-corrected chi connectivity index (χ4v) is 1.14. The zero-order valence-electron chi connectivity index (χ0n) is 8.50. The second-order valence-electron chi connectivity index (χ2n) is 3.32. The maximum Gasteiger partial charge on any atom is 0.226 e. The van der Waals surface area contributed by atoms with Crippen molar-refractivity contribution in [3.05, 3.63) is 29.3 Å². The lowest BCUT2D eigenvalue weighted by Gasteiger charge is -2.06. The van der Waals surface area contributed by atoms with Gasteiger partial charge in [-0.15, -0.1) is 0 Å². The Labute approximate surface area is 83.8 Å². The topological polar surface area (TPSA) is 49.3 Å². The molecule has 0 atom stereocenters. The van der Waals surface area contributed by atoms with Crippen molar-refractivity contribution in [2.75, 3.05) is 11.9 Å². The molecule has 0 radical (unpaired) electrons. The third-order valence-corrected chi connectivity index (χ3v) is 2.13. The number of hydrogen-bond donors (Lipinski definition) is 2. The van der Waals surface area contributed by atoms with Crippen LogP contribution in [0.3, 0.4) is 0 Å². The molecule has 3 nitrogen and oxygen atoms in total. The predicted octanol–water partition coefficient (Wildman–Crippen LogP) is 1.62. The van der Waals surface area contributed by atoms with E-state index in [1.165, 1.54) is 5.56 Å². The molecule has 0 fully saturated rings. The van der Waals surface area contributed by atoms with E-state index in [-0.39, 0.29) is 18.9 Å². The summed E-state index contributed by atoms with van der Waals surface area (Å²) in [5.74, 6) is -0.157. The summed E-state index contributed by atoms with van der Waals surface area (Å²) in [5.41, 5.74) is 3.13. The Kier molecular flexibility index (Phi) is 3.65. The lowest BCUT2D eigenvalue weighted by Crippen LogP contribution is -2.12. The number of carbonyl (C=O) groups excluding carboxylic acids is 1. The zero-order chi connectivity index (χ0) is 10.6. The van der Waals surface area contributed by atoms with Crippen molar-refractivity contribution in [3.63, 3.8) is 0 Å². The maximum atomic E-state index is 11.1. The van der Waals surface area contributed by atoms with Crippen LogP contribution >= 0.6 is 0 Å². The smallest absolute Gasteiger partial charge is 0.226 e. The Morgan fingerprint density at radius 2 is 2.07 bits per heavy atom. The molecule has 76 valence electrons. The quantitative estimate of drug-likeness (QED) is 0.766. The number of benzene rings is 1. The Balaban J connectivity index is 2.68. The standard InChI is InChI=1S/C11H15NO2/c1-8-3-4-10(7-9(8)2)12-11(14)5-6-13/h3-4,7,13H,5-6H2,1-2H3,(H,12,14). The molecule has 3 heteroatoms. The van der Waals surface area contributed by atoms with Crippen molar-refractivity contribution in [3.8, 4) is 0 Å². The van der Waals surface area contributed by atoms with Gasteiger partial charge in [-0.1, -0.05) is 6.07 Å². The second kappa shape index (κ2) is 4.77. The summed E-state index contributed by atoms with van der Waals surface area (Å²) < 4.78 is 0. The third kappa shape index (κ3) is 2.85. The number of aliphatic hydroxyl groups is 1. The van der Waals surface area contributed by atoms with E-state index in [0.29, 0.717) is 0 Å². The van der Waals surface area contributed by atoms with Crippen LogP contribution in [0.1, 0.15) is 17.5 Å². The molecule has 1 aromatic carbocycles. The first-order valence-corrected chi connectivity index (χ1v) is 4.61. The van der Waals surface area contributed by atoms with Crippen molar-refractivity contribution in [1.29, 1.82) is 0 Å². The molecule has 1 aromatic rings. The molecule has 1 rings (SSSR count). The maximum absolute atomic E-state index is 11.1. The van der Waals surface area contributed by atoms with Gasteiger partial charge in [0.25, 0.3) is 0 Å². The molecule has 0 aromatic heterocycles. The first kappa shape index (κ1) is 10.7. The summed E-state index contributed by atoms with van der Waals surface area (Å²) in [4.78, 5) is 11.1. The molecule has 0 unspecified atom stereocenters. The number of nitrogens with one attached hydrogen (secondary N) is 1. The number of rotatable bonds is 3. The molecule has 0 saturated heterocycles. The van der Waals surface area contributed by atoms with Gasteiger partial charge in [0, 0.05) is 5.69 Å². The highest BCUT2D eigenvalue weighted by Crippen LogP contribution is 2.14. The Hall–Kier alpha value is -1.35. The van der Waals surface area contributed by atoms with Crippen molar-refractivity contribution in [2.45, 2.75) is 20.3 Å². The Morgan fingerprint density at radius 3 is 2.64 bits per heavy atom. The van der Waals surface area contributed by atoms with E-state index in [2.05, 4.69) is 5.32 Å². The summed E-state index contributed by atoms with van der Waals surface area (Å²) in [6, 6.07) is 5.74. The van der Waals surface area contributed by atoms with Gasteiger partial charge in [-0.2, -0.15) is 0 Å². The van der Waals surface area contributed by atoms with Crippen LogP contribution in [-0.4, -0.2) is 17.6 Å². The fraction of sp³-hybridized carbons (Fsp3) is 0.364. The van der Waals surface area contributed by atoms with E-state index >= 15 is 0 Å². The first-order chi connectivity index (χ1) is 6.63. The number of amides is 1. The molecule has 0 spiro atoms. The average molecular weight is 193 g/mol. The summed E-state index contributed by atoms with van der Waals surface area (Å²) >= 11 is 0. The number of aliphatic hydroxyl groups excluding tert-OH is 1. The molecule has 0 bridgehead atoms. The third-order valence-electron chi connectivity index (χ3n) is 2.13. The van der Waals surface area contributed by atoms with Crippen LogP contribution in [0.15, 0.2) is 18.2 Å². The minimum Gasteiger partial charge on any atom is -0.396 e. The highest BCUT2D eigenvalue weighted by Gasteiger charge is 2.01. The SMILES string of the molecule is Cc1ccc(NC(=O)CCO)cc1C. The normalized spacial score (nSPS) is 9.93. The molecule has 1 amide bonds. The zero-order valence-corrected chi connectivity index (χ0v) is 8.50. The summed E-state index contributed by atoms with van der Waals surface area (Å²) in [7, 11) is 0. The predicted molar refractivity (Wildman–Crippen MR) is 56.2 cm³/mol. The lowest BCUT2D eigenvalue weighted by molar-refractivity contribution is -0.116. The fourth-order valence-electron chi connectivity index (χ4n) is 1.14. The van der Waals surface area contributed by atoms with E-state index in [0.717, 1.165) is 11.3 Å². The Morgan fingerprint density at radius 1 is 1.36 bits per heavy atom. The van der Waals surface area contributed by atoms with Gasteiger partial charge in [-0.3, -0.25) is 4.79 Å². The van der Waals surface area contributed by atoms with Crippen molar-refractivity contribution < 1.29 is 9.90 Å². The van der Waals surface area contributed by atoms with E-state index < -0.39 is 0 Å². The monoisotopic (exact) mass is 193 g/mol. The lowest BCUT2D eigenvalue weighted by atomic mass is 10.1. The summed E-state index contributed by atoms with van der Waals surface area (Å²) in [6.45, 7) is 3.91. The summed E-state index contributed by atoms with van der Waals surface area (Å²) in [6.07, 6.45) is 0.146. The van der Waals surface area contributed by atoms with Crippen molar-refractivity contribution in [1.82, 2.24) is 0 Å². The minimum atomic E-state index is -0.157. The molecular formula is C11H15NO2. The minimum absolute atomic E-state index is 0.114. The van der Waals surface area contributed by atoms with Crippen LogP contribution in [0, 0.1) is 13.8 Å². The van der Waals surface area contributed by atoms with E-state index in [9.17, 15) is 4.79 Å². The Bertz CT molecular complexity index is 334. The van der Waals surface area contributed by atoms with Gasteiger partial charge in [0.2, 0.25) is 5.91 Å². The van der Waals surface area contributed by atoms with Crippen LogP contribution in [0.25, 0.3) is 0 Å². The van der Waals surface area contributed by atoms with Crippen LogP contribution in [0.2, 0.25) is 0 Å². The highest BCUT2D eigenvalue weighted by atomic mass is 16.3. The van der Waals surface area contributed by atoms with Crippen molar-refractivity contribution in [2.24, 2.45) is 0 Å². The van der Waals surface area contributed by atoms with Gasteiger partial charge in [-0.05, 0) is 37.1 Å². The molecule has 0 aliphatic heterocycles. The molecule has 0 aliphatic rings. The molecule has 14 heavy (non-hydrogen) atoms. The van der Waals surface area contributed by atoms with E-state index in [1.807, 2.05) is 32.0 Å². The summed E-state index contributed by atoms with van der Waals surface area (Å²) in [5, 5.41) is 11.3. The first-order valence-electron chi connectivity index (χ1n) is 4.61. The van der Waals surface area contributed by atoms with Gasteiger partial charge >= 0.3 is 0 Å². The molecule has 0 saturated carbocycles. The van der Waals surface area contributed by atoms with Crippen molar-refractivity contribution >= 4 is 11.6 Å². The molecule has 0 heterocycles. The molecule has 2 N–H and O–H groups in total. The molecular weight excluding hydrogens is 178 g/mol. The van der Waals surface area contributed by atoms with E-state index in [1.54, 1.807) is 0 Å². The highest BCUT2D eigenvalue weighted by molar-refractivity contribution is 5.90. The second-order valence-corrected chi connectivity index (χ2v) is 3.32. The number of hydrogen-bond acceptors (Lipinski definition) is 2. The van der Waals surface area contributed by atoms with E-state index in [4.69, 9.17) is 5.11 Å². The van der Waals surface area contributed by atoms with Gasteiger partial charge in [0.1, 0.15) is 0 Å². The van der Waals surface area contributed by atoms with Crippen LogP contribution in [0.5, 0.6) is 0 Å². The largest absolute Gasteiger partial charge is 0.396 e. The van der Waals surface area contributed by atoms with Crippen LogP contribution < -0.4 is 5.32 Å². The van der Waals surface area contributed by atoms with Gasteiger partial charge in [-0.25, -0.2) is 0 Å². The van der Waals surface area contributed by atoms with Gasteiger partial charge in [0.15, 0.2) is 0 Å². The average Bonchev–Trinajstić information content (AvgIpc) is 2.12. The number of anilines is 1. The number of carbonyl (C=O) groups is 1. The molecule has 0 aliphatic carbocycles. The van der Waals surface area contributed by atoms with Crippen LogP contribution in [-0.2, 0) is 4.79 Å². The van der Waals surface area contributed by atoms with Gasteiger partial charge < -0.3 is 10.4 Å². The number of aryl methyl sites for hydroxylation is 2.